The number of carbonyl (C=O) groups is 2. The number of hydrogen-bond acceptors (Lipinski definition) is 7. The molecule has 0 spiro atoms. The summed E-state index contributed by atoms with van der Waals surface area (Å²) in [5.74, 6) is -0.667. The molecule has 34 heavy (non-hydrogen) atoms. The van der Waals surface area contributed by atoms with E-state index >= 15 is 0 Å². The third-order valence-electron chi connectivity index (χ3n) is 6.09. The number of anilines is 2. The predicted octanol–water partition coefficient (Wildman–Crippen LogP) is 4.56. The number of nitrogens with zero attached hydrogens (tertiary/aromatic N) is 3. The molecule has 0 atom stereocenters. The van der Waals surface area contributed by atoms with Crippen molar-refractivity contribution in [2.24, 2.45) is 0 Å². The molecule has 1 aliphatic heterocycles. The van der Waals surface area contributed by atoms with E-state index in [4.69, 9.17) is 9.15 Å². The van der Waals surface area contributed by atoms with Crippen LogP contribution in [0.2, 0.25) is 0 Å². The van der Waals surface area contributed by atoms with Crippen LogP contribution in [0.25, 0.3) is 21.7 Å². The second kappa shape index (κ2) is 8.41. The fourth-order valence-electron chi connectivity index (χ4n) is 4.49. The first-order valence-corrected chi connectivity index (χ1v) is 10.8. The van der Waals surface area contributed by atoms with Crippen LogP contribution in [0.5, 0.6) is 0 Å². The lowest BCUT2D eigenvalue weighted by atomic mass is 10.0. The zero-order chi connectivity index (χ0) is 23.8. The van der Waals surface area contributed by atoms with Crippen molar-refractivity contribution in [2.75, 3.05) is 30.5 Å². The molecule has 0 saturated carbocycles. The molecule has 7 nitrogen and oxygen atoms in total. The molecular formula is C27H21N3O4. The minimum absolute atomic E-state index is 0.0437. The Morgan fingerprint density at radius 3 is 2.35 bits per heavy atom. The number of ether oxygens (including phenoxy) is 1. The molecule has 3 aromatic carbocycles. The minimum atomic E-state index is -0.567. The van der Waals surface area contributed by atoms with E-state index in [9.17, 15) is 14.9 Å². The molecule has 5 rings (SSSR count). The average molecular weight is 451 g/mol. The van der Waals surface area contributed by atoms with Gasteiger partial charge in [0.15, 0.2) is 6.61 Å². The normalized spacial score (nSPS) is 12.7. The zero-order valence-corrected chi connectivity index (χ0v) is 18.7. The number of esters is 1. The minimum Gasteiger partial charge on any atom is -0.464 e. The molecule has 7 heteroatoms. The Kier molecular flexibility index (Phi) is 5.27. The van der Waals surface area contributed by atoms with E-state index < -0.39 is 18.4 Å². The maximum atomic E-state index is 12.9. The zero-order valence-electron chi connectivity index (χ0n) is 18.7. The van der Waals surface area contributed by atoms with E-state index in [0.717, 1.165) is 27.5 Å². The Morgan fingerprint density at radius 2 is 1.65 bits per heavy atom. The first-order chi connectivity index (χ1) is 16.5. The van der Waals surface area contributed by atoms with E-state index in [-0.39, 0.29) is 12.0 Å². The van der Waals surface area contributed by atoms with Crippen LogP contribution < -0.4 is 9.80 Å². The van der Waals surface area contributed by atoms with Crippen LogP contribution in [0.3, 0.4) is 0 Å². The molecule has 0 bridgehead atoms. The summed E-state index contributed by atoms with van der Waals surface area (Å²) in [6, 6.07) is 21.3. The van der Waals surface area contributed by atoms with Gasteiger partial charge in [0.2, 0.25) is 5.78 Å². The van der Waals surface area contributed by atoms with E-state index in [1.165, 1.54) is 0 Å². The average Bonchev–Trinajstić information content (AvgIpc) is 3.38. The Morgan fingerprint density at radius 1 is 0.971 bits per heavy atom. The molecule has 0 unspecified atom stereocenters. The lowest BCUT2D eigenvalue weighted by Gasteiger charge is -2.19. The first-order valence-electron chi connectivity index (χ1n) is 10.8. The Bertz CT molecular complexity index is 1490. The molecule has 168 valence electrons. The molecule has 0 N–H and O–H groups in total. The number of hydrogen-bond donors (Lipinski definition) is 0. The number of benzene rings is 3. The molecule has 0 radical (unpaired) electrons. The summed E-state index contributed by atoms with van der Waals surface area (Å²) in [4.78, 5) is 29.0. The van der Waals surface area contributed by atoms with Gasteiger partial charge >= 0.3 is 5.97 Å². The van der Waals surface area contributed by atoms with Crippen molar-refractivity contribution in [2.45, 2.75) is 6.42 Å². The third-order valence-corrected chi connectivity index (χ3v) is 6.09. The second-order valence-electron chi connectivity index (χ2n) is 8.10. The lowest BCUT2D eigenvalue weighted by Crippen LogP contribution is -2.28. The smallest absolute Gasteiger partial charge is 0.310 e. The highest BCUT2D eigenvalue weighted by Crippen LogP contribution is 2.40. The van der Waals surface area contributed by atoms with Crippen LogP contribution in [0.1, 0.15) is 5.56 Å². The third kappa shape index (κ3) is 3.46. The lowest BCUT2D eigenvalue weighted by molar-refractivity contribution is -0.146. The van der Waals surface area contributed by atoms with E-state index in [0.29, 0.717) is 17.0 Å². The number of nitriles is 1. The van der Waals surface area contributed by atoms with Crippen molar-refractivity contribution in [1.29, 1.82) is 5.26 Å². The Balaban J connectivity index is 1.33. The molecular weight excluding hydrogens is 430 g/mol. The number of rotatable bonds is 5. The highest BCUT2D eigenvalue weighted by Gasteiger charge is 2.31. The quantitative estimate of drug-likeness (QED) is 0.250. The molecule has 0 aliphatic carbocycles. The second-order valence-corrected chi connectivity index (χ2v) is 8.10. The first kappa shape index (κ1) is 21.3. The summed E-state index contributed by atoms with van der Waals surface area (Å²) < 4.78 is 10.9. The van der Waals surface area contributed by atoms with Gasteiger partial charge in [0.05, 0.1) is 24.1 Å². The summed E-state index contributed by atoms with van der Waals surface area (Å²) >= 11 is 0. The summed E-state index contributed by atoms with van der Waals surface area (Å²) in [6.07, 6.45) is 1.50. The SMILES string of the molecule is CN1C(=C(C#N)C(=O)COC(=O)Cc2coc3ccc4ccccc4c23)N(C)c2ccccc21. The number of fused-ring (bicyclic) bond motifs is 4. The van der Waals surface area contributed by atoms with E-state index in [1.54, 1.807) is 30.2 Å². The summed E-state index contributed by atoms with van der Waals surface area (Å²) in [5.41, 5.74) is 3.08. The van der Waals surface area contributed by atoms with Crippen LogP contribution in [0.4, 0.5) is 11.4 Å². The molecule has 4 aromatic rings. The Labute approximate surface area is 196 Å². The van der Waals surface area contributed by atoms with Crippen LogP contribution in [-0.4, -0.2) is 32.5 Å². The summed E-state index contributed by atoms with van der Waals surface area (Å²) in [7, 11) is 3.59. The highest BCUT2D eigenvalue weighted by molar-refractivity contribution is 6.08. The predicted molar refractivity (Wildman–Crippen MR) is 129 cm³/mol. The maximum absolute atomic E-state index is 12.9. The van der Waals surface area contributed by atoms with Crippen molar-refractivity contribution >= 4 is 44.9 Å². The van der Waals surface area contributed by atoms with Crippen molar-refractivity contribution in [3.8, 4) is 6.07 Å². The van der Waals surface area contributed by atoms with Crippen molar-refractivity contribution < 1.29 is 18.7 Å². The van der Waals surface area contributed by atoms with Gasteiger partial charge in [-0.1, -0.05) is 42.5 Å². The standard InChI is InChI=1S/C27H21N3O4/c1-29-21-9-5-6-10-22(21)30(2)27(29)20(14-28)23(31)16-34-25(32)13-18-15-33-24-12-11-17-7-3-4-8-19(17)26(18)24/h3-12,15H,13,16H2,1-2H3. The number of Topliss-reactive ketones (excluding diaryl/α,β-unsaturated/α-hetero) is 1. The van der Waals surface area contributed by atoms with Crippen molar-refractivity contribution in [3.63, 3.8) is 0 Å². The molecule has 0 fully saturated rings. The van der Waals surface area contributed by atoms with Gasteiger partial charge < -0.3 is 19.0 Å². The molecule has 0 amide bonds. The molecule has 1 aliphatic rings. The molecule has 2 heterocycles. The fraction of sp³-hybridized carbons (Fsp3) is 0.148. The monoisotopic (exact) mass is 451 g/mol. The maximum Gasteiger partial charge on any atom is 0.310 e. The van der Waals surface area contributed by atoms with Crippen molar-refractivity contribution in [1.82, 2.24) is 0 Å². The van der Waals surface area contributed by atoms with Crippen LogP contribution in [-0.2, 0) is 20.7 Å². The van der Waals surface area contributed by atoms with E-state index in [2.05, 4.69) is 0 Å². The van der Waals surface area contributed by atoms with Gasteiger partial charge in [-0.2, -0.15) is 5.26 Å². The largest absolute Gasteiger partial charge is 0.464 e. The number of carbonyl (C=O) groups excluding carboxylic acids is 2. The Hall–Kier alpha value is -4.57. The summed E-state index contributed by atoms with van der Waals surface area (Å²) in [6.45, 7) is -0.514. The van der Waals surface area contributed by atoms with Crippen LogP contribution in [0, 0.1) is 11.3 Å². The number of furan rings is 1. The van der Waals surface area contributed by atoms with Gasteiger partial charge in [-0.25, -0.2) is 0 Å². The van der Waals surface area contributed by atoms with Gasteiger partial charge in [0.25, 0.3) is 0 Å². The van der Waals surface area contributed by atoms with Gasteiger partial charge in [0, 0.05) is 25.0 Å². The molecule has 0 saturated heterocycles. The van der Waals surface area contributed by atoms with Gasteiger partial charge in [-0.3, -0.25) is 9.59 Å². The fourth-order valence-corrected chi connectivity index (χ4v) is 4.49. The number of para-hydroxylation sites is 2. The van der Waals surface area contributed by atoms with Gasteiger partial charge in [-0.05, 0) is 29.0 Å². The number of ketones is 1. The highest BCUT2D eigenvalue weighted by atomic mass is 16.5. The van der Waals surface area contributed by atoms with Crippen molar-refractivity contribution in [3.05, 3.63) is 83.9 Å². The van der Waals surface area contributed by atoms with Gasteiger partial charge in [0.1, 0.15) is 23.0 Å². The molecule has 1 aromatic heterocycles. The van der Waals surface area contributed by atoms with Crippen LogP contribution >= 0.6 is 0 Å². The van der Waals surface area contributed by atoms with Gasteiger partial charge in [-0.15, -0.1) is 0 Å². The van der Waals surface area contributed by atoms with Crippen LogP contribution in [0.15, 0.2) is 82.7 Å². The topological polar surface area (TPSA) is 86.8 Å². The summed E-state index contributed by atoms with van der Waals surface area (Å²) in [5, 5.41) is 12.6. The van der Waals surface area contributed by atoms with E-state index in [1.807, 2.05) is 66.7 Å².